The lowest BCUT2D eigenvalue weighted by Crippen LogP contribution is -2.53. The second-order valence-corrected chi connectivity index (χ2v) is 5.81. The molecule has 1 atom stereocenters. The highest BCUT2D eigenvalue weighted by Gasteiger charge is 2.40. The van der Waals surface area contributed by atoms with Gasteiger partial charge in [-0.15, -0.1) is 0 Å². The Hall–Kier alpha value is -0.860. The van der Waals surface area contributed by atoms with Crippen LogP contribution in [0.5, 0.6) is 0 Å². The number of likely N-dealkylation sites (N-methyl/N-ethyl adjacent to an activating group) is 1. The summed E-state index contributed by atoms with van der Waals surface area (Å²) in [6.07, 6.45) is 3.67. The van der Waals surface area contributed by atoms with E-state index in [1.807, 2.05) is 0 Å². The highest BCUT2D eigenvalue weighted by atomic mass is 15.2. The molecule has 0 bridgehead atoms. The normalized spacial score (nSPS) is 22.6. The molecule has 0 spiro atoms. The predicted molar refractivity (Wildman–Crippen MR) is 82.5 cm³/mol. The molecule has 0 amide bonds. The van der Waals surface area contributed by atoms with Crippen LogP contribution in [0.2, 0.25) is 0 Å². The van der Waals surface area contributed by atoms with Crippen LogP contribution in [0.3, 0.4) is 0 Å². The molecule has 0 radical (unpaired) electrons. The molecule has 2 N–H and O–H groups in total. The minimum Gasteiger partial charge on any atom is -0.328 e. The zero-order valence-electron chi connectivity index (χ0n) is 12.9. The summed E-state index contributed by atoms with van der Waals surface area (Å²) in [4.78, 5) is 2.57. The molecular weight excluding hydrogens is 232 g/mol. The van der Waals surface area contributed by atoms with Gasteiger partial charge >= 0.3 is 0 Å². The molecule has 1 aromatic rings. The largest absolute Gasteiger partial charge is 0.328 e. The van der Waals surface area contributed by atoms with Crippen molar-refractivity contribution in [3.8, 4) is 0 Å². The highest BCUT2D eigenvalue weighted by molar-refractivity contribution is 5.46. The Labute approximate surface area is 118 Å². The topological polar surface area (TPSA) is 29.3 Å². The quantitative estimate of drug-likeness (QED) is 0.901. The van der Waals surface area contributed by atoms with Gasteiger partial charge in [-0.05, 0) is 68.5 Å². The van der Waals surface area contributed by atoms with E-state index in [1.165, 1.54) is 36.0 Å². The molecule has 0 aliphatic heterocycles. The van der Waals surface area contributed by atoms with Gasteiger partial charge in [0.1, 0.15) is 0 Å². The van der Waals surface area contributed by atoms with Gasteiger partial charge in [-0.3, -0.25) is 4.90 Å². The van der Waals surface area contributed by atoms with Crippen molar-refractivity contribution >= 4 is 0 Å². The number of hydrogen-bond acceptors (Lipinski definition) is 2. The first-order valence-corrected chi connectivity index (χ1v) is 7.65. The minimum atomic E-state index is 0.0627. The van der Waals surface area contributed by atoms with E-state index in [1.54, 1.807) is 5.56 Å². The van der Waals surface area contributed by atoms with Crippen LogP contribution < -0.4 is 5.73 Å². The molecule has 2 rings (SSSR count). The number of nitrogens with two attached hydrogens (primary N) is 1. The summed E-state index contributed by atoms with van der Waals surface area (Å²) in [6.45, 7) is 11.9. The fraction of sp³-hybridized carbons (Fsp3) is 0.647. The van der Waals surface area contributed by atoms with Crippen LogP contribution in [0, 0.1) is 13.8 Å². The first kappa shape index (κ1) is 14.5. The smallest absolute Gasteiger partial charge is 0.0589 e. The van der Waals surface area contributed by atoms with Gasteiger partial charge in [0.15, 0.2) is 0 Å². The maximum Gasteiger partial charge on any atom is 0.0589 e. The summed E-state index contributed by atoms with van der Waals surface area (Å²) in [5, 5.41) is 0. The molecule has 2 nitrogen and oxygen atoms in total. The van der Waals surface area contributed by atoms with Crippen molar-refractivity contribution in [1.82, 2.24) is 4.90 Å². The average Bonchev–Trinajstić information content (AvgIpc) is 2.44. The maximum absolute atomic E-state index is 6.28. The van der Waals surface area contributed by atoms with E-state index in [-0.39, 0.29) is 5.54 Å². The van der Waals surface area contributed by atoms with E-state index in [0.29, 0.717) is 0 Å². The van der Waals surface area contributed by atoms with Crippen molar-refractivity contribution in [2.75, 3.05) is 19.6 Å². The first-order chi connectivity index (χ1) is 9.10. The van der Waals surface area contributed by atoms with Crippen molar-refractivity contribution in [3.63, 3.8) is 0 Å². The van der Waals surface area contributed by atoms with Crippen LogP contribution in [0.1, 0.15) is 48.9 Å². The molecule has 1 unspecified atom stereocenters. The summed E-state index contributed by atoms with van der Waals surface area (Å²) >= 11 is 0. The van der Waals surface area contributed by atoms with Gasteiger partial charge in [-0.2, -0.15) is 0 Å². The Balaban J connectivity index is 2.65. The van der Waals surface area contributed by atoms with E-state index < -0.39 is 0 Å². The number of rotatable bonds is 4. The Morgan fingerprint density at radius 1 is 1.16 bits per heavy atom. The van der Waals surface area contributed by atoms with Crippen molar-refractivity contribution in [2.45, 2.75) is 52.5 Å². The third-order valence-corrected chi connectivity index (χ3v) is 4.94. The molecule has 2 heteroatoms. The molecule has 0 fully saturated rings. The van der Waals surface area contributed by atoms with Gasteiger partial charge in [0.25, 0.3) is 0 Å². The van der Waals surface area contributed by atoms with Gasteiger partial charge < -0.3 is 5.73 Å². The van der Waals surface area contributed by atoms with Crippen molar-refractivity contribution in [3.05, 3.63) is 34.4 Å². The molecule has 1 aliphatic carbocycles. The minimum absolute atomic E-state index is 0.0627. The Morgan fingerprint density at radius 2 is 1.79 bits per heavy atom. The van der Waals surface area contributed by atoms with Crippen LogP contribution in [0.4, 0.5) is 0 Å². The van der Waals surface area contributed by atoms with Gasteiger partial charge in [0, 0.05) is 6.54 Å². The molecule has 1 aromatic carbocycles. The van der Waals surface area contributed by atoms with Crippen LogP contribution in [0.25, 0.3) is 0 Å². The van der Waals surface area contributed by atoms with E-state index in [2.05, 4.69) is 44.7 Å². The van der Waals surface area contributed by atoms with Crippen LogP contribution in [-0.2, 0) is 12.0 Å². The van der Waals surface area contributed by atoms with Crippen LogP contribution in [-0.4, -0.2) is 24.5 Å². The van der Waals surface area contributed by atoms with Crippen molar-refractivity contribution in [2.24, 2.45) is 5.73 Å². The van der Waals surface area contributed by atoms with Gasteiger partial charge in [0.2, 0.25) is 0 Å². The number of aryl methyl sites for hydroxylation is 2. The molecule has 0 heterocycles. The monoisotopic (exact) mass is 260 g/mol. The molecule has 0 saturated heterocycles. The Morgan fingerprint density at radius 3 is 2.37 bits per heavy atom. The summed E-state index contributed by atoms with van der Waals surface area (Å²) < 4.78 is 0. The first-order valence-electron chi connectivity index (χ1n) is 7.65. The lowest BCUT2D eigenvalue weighted by molar-refractivity contribution is 0.0849. The van der Waals surface area contributed by atoms with Crippen LogP contribution >= 0.6 is 0 Å². The SMILES string of the molecule is CCN(CC)C1(CN)CCCc2c(C)ccc(C)c21. The molecule has 0 saturated carbocycles. The average molecular weight is 260 g/mol. The number of hydrogen-bond donors (Lipinski definition) is 1. The third kappa shape index (κ3) is 2.21. The van der Waals surface area contributed by atoms with Crippen molar-refractivity contribution in [1.29, 1.82) is 0 Å². The molecular formula is C17H28N2. The second-order valence-electron chi connectivity index (χ2n) is 5.81. The zero-order chi connectivity index (χ0) is 14.0. The zero-order valence-corrected chi connectivity index (χ0v) is 12.9. The van der Waals surface area contributed by atoms with Gasteiger partial charge in [0.05, 0.1) is 5.54 Å². The summed E-state index contributed by atoms with van der Waals surface area (Å²) in [5.74, 6) is 0. The lowest BCUT2D eigenvalue weighted by atomic mass is 9.72. The molecule has 106 valence electrons. The van der Waals surface area contributed by atoms with Crippen molar-refractivity contribution < 1.29 is 0 Å². The third-order valence-electron chi connectivity index (χ3n) is 4.94. The lowest BCUT2D eigenvalue weighted by Gasteiger charge is -2.47. The number of benzene rings is 1. The summed E-state index contributed by atoms with van der Waals surface area (Å²) in [7, 11) is 0. The van der Waals surface area contributed by atoms with Crippen LogP contribution in [0.15, 0.2) is 12.1 Å². The summed E-state index contributed by atoms with van der Waals surface area (Å²) in [6, 6.07) is 4.54. The predicted octanol–water partition coefficient (Wildman–Crippen LogP) is 3.14. The Kier molecular flexibility index (Phi) is 4.32. The maximum atomic E-state index is 6.28. The fourth-order valence-electron chi connectivity index (χ4n) is 4.00. The van der Waals surface area contributed by atoms with Gasteiger partial charge in [-0.1, -0.05) is 26.0 Å². The molecule has 1 aliphatic rings. The van der Waals surface area contributed by atoms with E-state index in [0.717, 1.165) is 19.6 Å². The number of fused-ring (bicyclic) bond motifs is 1. The highest BCUT2D eigenvalue weighted by Crippen LogP contribution is 2.42. The standard InChI is InChI=1S/C17H28N2/c1-5-19(6-2)17(12-18)11-7-8-15-13(3)9-10-14(4)16(15)17/h9-10H,5-8,11-12,18H2,1-4H3. The molecule has 0 aromatic heterocycles. The fourth-order valence-corrected chi connectivity index (χ4v) is 4.00. The van der Waals surface area contributed by atoms with Gasteiger partial charge in [-0.25, -0.2) is 0 Å². The molecule has 19 heavy (non-hydrogen) atoms. The number of nitrogens with zero attached hydrogens (tertiary/aromatic N) is 1. The van der Waals surface area contributed by atoms with E-state index in [4.69, 9.17) is 5.73 Å². The summed E-state index contributed by atoms with van der Waals surface area (Å²) in [5.41, 5.74) is 12.3. The van der Waals surface area contributed by atoms with E-state index in [9.17, 15) is 0 Å². The Bertz CT molecular complexity index is 449. The van der Waals surface area contributed by atoms with E-state index >= 15 is 0 Å². The second kappa shape index (κ2) is 5.64.